The second-order valence-electron chi connectivity index (χ2n) is 5.33. The van der Waals surface area contributed by atoms with Crippen molar-refractivity contribution in [2.45, 2.75) is 25.9 Å². The number of hydrogen-bond donors (Lipinski definition) is 0. The summed E-state index contributed by atoms with van der Waals surface area (Å²) in [4.78, 5) is 0. The second kappa shape index (κ2) is 5.93. The zero-order chi connectivity index (χ0) is 16.6. The molecule has 0 aliphatic heterocycles. The Kier molecular flexibility index (Phi) is 4.11. The minimum absolute atomic E-state index is 0.0707. The van der Waals surface area contributed by atoms with E-state index in [1.807, 2.05) is 31.2 Å². The van der Waals surface area contributed by atoms with Gasteiger partial charge >= 0.3 is 6.18 Å². The molecule has 0 N–H and O–H groups in total. The minimum Gasteiger partial charge on any atom is -0.460 e. The Morgan fingerprint density at radius 1 is 1.09 bits per heavy atom. The van der Waals surface area contributed by atoms with Gasteiger partial charge < -0.3 is 4.42 Å². The molecule has 0 fully saturated rings. The second-order valence-corrected chi connectivity index (χ2v) is 5.77. The normalized spacial score (nSPS) is 12.0. The predicted octanol–water partition coefficient (Wildman–Crippen LogP) is 6.26. The average molecular weight is 339 g/mol. The van der Waals surface area contributed by atoms with E-state index in [2.05, 4.69) is 0 Å². The van der Waals surface area contributed by atoms with Gasteiger partial charge in [-0.25, -0.2) is 0 Å². The summed E-state index contributed by atoms with van der Waals surface area (Å²) in [5.41, 5.74) is 1.09. The number of benzene rings is 2. The van der Waals surface area contributed by atoms with E-state index in [1.165, 1.54) is 12.1 Å². The Balaban J connectivity index is 2.10. The fourth-order valence-corrected chi connectivity index (χ4v) is 2.99. The highest BCUT2D eigenvalue weighted by molar-refractivity contribution is 6.30. The lowest BCUT2D eigenvalue weighted by molar-refractivity contribution is -0.138. The van der Waals surface area contributed by atoms with Crippen LogP contribution in [0, 0.1) is 0 Å². The molecule has 0 atom stereocenters. The Labute approximate surface area is 136 Å². The van der Waals surface area contributed by atoms with Crippen LogP contribution < -0.4 is 0 Å². The van der Waals surface area contributed by atoms with Crippen LogP contribution in [0.1, 0.15) is 29.4 Å². The van der Waals surface area contributed by atoms with Crippen molar-refractivity contribution in [3.8, 4) is 0 Å². The number of rotatable bonds is 3. The van der Waals surface area contributed by atoms with Gasteiger partial charge in [-0.15, -0.1) is 0 Å². The number of hydrogen-bond acceptors (Lipinski definition) is 1. The summed E-state index contributed by atoms with van der Waals surface area (Å²) in [6.45, 7) is 1.97. The first-order chi connectivity index (χ1) is 10.9. The molecule has 23 heavy (non-hydrogen) atoms. The Bertz CT molecular complexity index is 849. The Hall–Kier alpha value is -1.94. The topological polar surface area (TPSA) is 13.1 Å². The van der Waals surface area contributed by atoms with Gasteiger partial charge in [0.2, 0.25) is 0 Å². The molecule has 0 bridgehead atoms. The first-order valence-electron chi connectivity index (χ1n) is 7.25. The number of fused-ring (bicyclic) bond motifs is 1. The molecule has 5 heteroatoms. The lowest BCUT2D eigenvalue weighted by atomic mass is 9.99. The van der Waals surface area contributed by atoms with E-state index in [9.17, 15) is 13.2 Å². The molecular weight excluding hydrogens is 325 g/mol. The third-order valence-electron chi connectivity index (χ3n) is 3.86. The third-order valence-corrected chi connectivity index (χ3v) is 4.10. The number of para-hydroxylation sites is 1. The van der Waals surface area contributed by atoms with Gasteiger partial charge in [0.25, 0.3) is 0 Å². The minimum atomic E-state index is -4.45. The van der Waals surface area contributed by atoms with Gasteiger partial charge in [-0.05, 0) is 30.2 Å². The summed E-state index contributed by atoms with van der Waals surface area (Å²) in [6.07, 6.45) is -3.66. The van der Waals surface area contributed by atoms with E-state index in [-0.39, 0.29) is 17.0 Å². The van der Waals surface area contributed by atoms with Crippen molar-refractivity contribution < 1.29 is 17.6 Å². The highest BCUT2D eigenvalue weighted by atomic mass is 35.5. The third kappa shape index (κ3) is 3.08. The van der Waals surface area contributed by atoms with Crippen molar-refractivity contribution in [1.82, 2.24) is 0 Å². The van der Waals surface area contributed by atoms with Crippen molar-refractivity contribution in [1.29, 1.82) is 0 Å². The number of aryl methyl sites for hydroxylation is 1. The van der Waals surface area contributed by atoms with Crippen LogP contribution in [0.25, 0.3) is 11.0 Å². The first-order valence-corrected chi connectivity index (χ1v) is 7.63. The fraction of sp³-hybridized carbons (Fsp3) is 0.222. The molecule has 1 heterocycles. The molecule has 1 aromatic heterocycles. The molecule has 0 saturated heterocycles. The summed E-state index contributed by atoms with van der Waals surface area (Å²) in [7, 11) is 0. The van der Waals surface area contributed by atoms with E-state index in [4.69, 9.17) is 16.0 Å². The summed E-state index contributed by atoms with van der Waals surface area (Å²) >= 11 is 5.73. The summed E-state index contributed by atoms with van der Waals surface area (Å²) in [5.74, 6) is 0.571. The summed E-state index contributed by atoms with van der Waals surface area (Å²) < 4.78 is 45.5. The number of furan rings is 1. The predicted molar refractivity (Wildman–Crippen MR) is 84.9 cm³/mol. The molecule has 0 aliphatic rings. The van der Waals surface area contributed by atoms with E-state index in [0.717, 1.165) is 17.0 Å². The highest BCUT2D eigenvalue weighted by Crippen LogP contribution is 2.36. The van der Waals surface area contributed by atoms with Crippen molar-refractivity contribution in [2.75, 3.05) is 0 Å². The van der Waals surface area contributed by atoms with Crippen LogP contribution in [0.5, 0.6) is 0 Å². The van der Waals surface area contributed by atoms with Gasteiger partial charge in [-0.2, -0.15) is 13.2 Å². The van der Waals surface area contributed by atoms with Crippen molar-refractivity contribution in [3.63, 3.8) is 0 Å². The van der Waals surface area contributed by atoms with E-state index >= 15 is 0 Å². The van der Waals surface area contributed by atoms with Crippen molar-refractivity contribution >= 4 is 22.6 Å². The molecule has 120 valence electrons. The molecule has 2 aromatic carbocycles. The van der Waals surface area contributed by atoms with Crippen LogP contribution in [0.15, 0.2) is 46.9 Å². The number of alkyl halides is 3. The molecule has 0 radical (unpaired) electrons. The summed E-state index contributed by atoms with van der Waals surface area (Å²) in [6, 6.07) is 11.3. The Morgan fingerprint density at radius 3 is 2.52 bits per heavy atom. The maximum Gasteiger partial charge on any atom is 0.416 e. The van der Waals surface area contributed by atoms with Crippen LogP contribution >= 0.6 is 11.6 Å². The Morgan fingerprint density at radius 2 is 1.83 bits per heavy atom. The lowest BCUT2D eigenvalue weighted by Gasteiger charge is -2.13. The smallest absolute Gasteiger partial charge is 0.416 e. The molecule has 0 saturated carbocycles. The SMILES string of the molecule is CCc1c(Cc2ccc(Cl)cc2C(F)(F)F)oc2ccccc12. The highest BCUT2D eigenvalue weighted by Gasteiger charge is 2.34. The number of halogens is 4. The van der Waals surface area contributed by atoms with Gasteiger partial charge in [0, 0.05) is 22.4 Å². The van der Waals surface area contributed by atoms with Gasteiger partial charge in [0.1, 0.15) is 11.3 Å². The first kappa shape index (κ1) is 15.9. The van der Waals surface area contributed by atoms with Crippen molar-refractivity contribution in [3.05, 3.63) is 69.9 Å². The van der Waals surface area contributed by atoms with Crippen LogP contribution in [0.2, 0.25) is 5.02 Å². The largest absolute Gasteiger partial charge is 0.460 e. The van der Waals surface area contributed by atoms with Crippen LogP contribution in [0.3, 0.4) is 0 Å². The standard InChI is InChI=1S/C18H14ClF3O/c1-2-13-14-5-3-4-6-16(14)23-17(13)9-11-7-8-12(19)10-15(11)18(20,21)22/h3-8,10H,2,9H2,1H3. The molecule has 0 spiro atoms. The fourth-order valence-electron chi connectivity index (χ4n) is 2.82. The zero-order valence-electron chi connectivity index (χ0n) is 12.4. The van der Waals surface area contributed by atoms with Crippen LogP contribution in [-0.2, 0) is 19.0 Å². The van der Waals surface area contributed by atoms with Gasteiger partial charge in [0.05, 0.1) is 5.56 Å². The lowest BCUT2D eigenvalue weighted by Crippen LogP contribution is -2.09. The molecule has 0 amide bonds. The quantitative estimate of drug-likeness (QED) is 0.549. The van der Waals surface area contributed by atoms with Gasteiger partial charge in [-0.1, -0.05) is 42.8 Å². The summed E-state index contributed by atoms with van der Waals surface area (Å²) in [5, 5.41) is 1.02. The van der Waals surface area contributed by atoms with E-state index in [1.54, 1.807) is 0 Å². The molecular formula is C18H14ClF3O. The maximum atomic E-state index is 13.2. The average Bonchev–Trinajstić information content (AvgIpc) is 2.85. The van der Waals surface area contributed by atoms with Gasteiger partial charge in [0.15, 0.2) is 0 Å². The van der Waals surface area contributed by atoms with Crippen molar-refractivity contribution in [2.24, 2.45) is 0 Å². The van der Waals surface area contributed by atoms with Crippen LogP contribution in [0.4, 0.5) is 13.2 Å². The molecule has 1 nitrogen and oxygen atoms in total. The molecule has 0 aliphatic carbocycles. The van der Waals surface area contributed by atoms with E-state index < -0.39 is 11.7 Å². The molecule has 3 rings (SSSR count). The van der Waals surface area contributed by atoms with E-state index in [0.29, 0.717) is 17.8 Å². The van der Waals surface area contributed by atoms with Crippen LogP contribution in [-0.4, -0.2) is 0 Å². The monoisotopic (exact) mass is 338 g/mol. The molecule has 0 unspecified atom stereocenters. The molecule has 3 aromatic rings. The van der Waals surface area contributed by atoms with Gasteiger partial charge in [-0.3, -0.25) is 0 Å². The zero-order valence-corrected chi connectivity index (χ0v) is 13.1. The maximum absolute atomic E-state index is 13.2.